The Hall–Kier alpha value is -5.60. The molecule has 2 heteroatoms. The first-order valence-corrected chi connectivity index (χ1v) is 18.3. The fraction of sp³-hybridized carbons (Fsp3) is 0.184. The van der Waals surface area contributed by atoms with Crippen LogP contribution in [0.5, 0.6) is 0 Å². The maximum atomic E-state index is 2.65. The largest absolute Gasteiger partial charge is 0.310 e. The first-order chi connectivity index (χ1) is 24.6. The fourth-order valence-corrected chi connectivity index (χ4v) is 9.52. The predicted molar refractivity (Wildman–Crippen MR) is 215 cm³/mol. The third-order valence-corrected chi connectivity index (χ3v) is 12.3. The number of hydrogen-bond acceptors (Lipinski definition) is 2. The molecule has 0 atom stereocenters. The van der Waals surface area contributed by atoms with Crippen LogP contribution in [-0.2, 0) is 16.2 Å². The van der Waals surface area contributed by atoms with Crippen LogP contribution in [0.2, 0.25) is 0 Å². The van der Waals surface area contributed by atoms with E-state index in [4.69, 9.17) is 0 Å². The lowest BCUT2D eigenvalue weighted by atomic mass is 9.61. The van der Waals surface area contributed by atoms with Gasteiger partial charge in [-0.2, -0.15) is 0 Å². The van der Waals surface area contributed by atoms with E-state index >= 15 is 0 Å². The van der Waals surface area contributed by atoms with Gasteiger partial charge in [0.05, 0.1) is 17.1 Å². The van der Waals surface area contributed by atoms with Gasteiger partial charge in [-0.05, 0) is 97.7 Å². The Morgan fingerprint density at radius 2 is 0.824 bits per heavy atom. The van der Waals surface area contributed by atoms with Gasteiger partial charge in [-0.1, -0.05) is 145 Å². The fourth-order valence-electron chi connectivity index (χ4n) is 9.52. The van der Waals surface area contributed by atoms with Gasteiger partial charge in [-0.15, -0.1) is 0 Å². The molecule has 3 aliphatic rings. The summed E-state index contributed by atoms with van der Waals surface area (Å²) < 4.78 is 0. The van der Waals surface area contributed by atoms with Crippen molar-refractivity contribution in [1.82, 2.24) is 0 Å². The summed E-state index contributed by atoms with van der Waals surface area (Å²) in [6, 6.07) is 54.4. The molecule has 10 rings (SSSR count). The van der Waals surface area contributed by atoms with Crippen LogP contribution in [0.4, 0.5) is 34.1 Å². The highest BCUT2D eigenvalue weighted by Crippen LogP contribution is 2.66. The number of hydrogen-bond donors (Lipinski definition) is 0. The van der Waals surface area contributed by atoms with E-state index in [2.05, 4.69) is 197 Å². The van der Waals surface area contributed by atoms with E-state index in [1.165, 1.54) is 78.0 Å². The van der Waals surface area contributed by atoms with Crippen molar-refractivity contribution in [3.05, 3.63) is 179 Å². The number of benzene rings is 7. The molecule has 7 aromatic rings. The van der Waals surface area contributed by atoms with Crippen LogP contribution in [0.15, 0.2) is 146 Å². The van der Waals surface area contributed by atoms with Crippen LogP contribution >= 0.6 is 0 Å². The van der Waals surface area contributed by atoms with Gasteiger partial charge in [-0.3, -0.25) is 0 Å². The summed E-state index contributed by atoms with van der Waals surface area (Å²) in [5.74, 6) is 0. The smallest absolute Gasteiger partial charge is 0.0545 e. The lowest BCUT2D eigenvalue weighted by molar-refractivity contribution is 0.566. The van der Waals surface area contributed by atoms with Crippen molar-refractivity contribution in [2.45, 2.75) is 57.8 Å². The minimum atomic E-state index is -0.215. The van der Waals surface area contributed by atoms with Crippen molar-refractivity contribution in [2.24, 2.45) is 0 Å². The van der Waals surface area contributed by atoms with Gasteiger partial charge in [0, 0.05) is 33.3 Å². The van der Waals surface area contributed by atoms with Crippen molar-refractivity contribution in [3.63, 3.8) is 0 Å². The first kappa shape index (κ1) is 30.2. The zero-order valence-electron chi connectivity index (χ0n) is 30.3. The molecule has 2 nitrogen and oxygen atoms in total. The second-order valence-electron chi connectivity index (χ2n) is 16.3. The molecule has 0 unspecified atom stereocenters. The Kier molecular flexibility index (Phi) is 6.07. The summed E-state index contributed by atoms with van der Waals surface area (Å²) in [4.78, 5) is 5.11. The molecule has 248 valence electrons. The van der Waals surface area contributed by atoms with Gasteiger partial charge >= 0.3 is 0 Å². The molecule has 0 saturated heterocycles. The van der Waals surface area contributed by atoms with Crippen molar-refractivity contribution in [1.29, 1.82) is 0 Å². The highest BCUT2D eigenvalue weighted by atomic mass is 15.2. The van der Waals surface area contributed by atoms with E-state index in [-0.39, 0.29) is 16.2 Å². The van der Waals surface area contributed by atoms with Crippen molar-refractivity contribution >= 4 is 44.9 Å². The molecular weight excluding hydrogens is 617 g/mol. The second kappa shape index (κ2) is 10.2. The summed E-state index contributed by atoms with van der Waals surface area (Å²) in [5, 5.41) is 2.52. The molecule has 3 aliphatic heterocycles. The quantitative estimate of drug-likeness (QED) is 0.186. The molecule has 0 aliphatic carbocycles. The van der Waals surface area contributed by atoms with Gasteiger partial charge < -0.3 is 9.80 Å². The molecule has 0 amide bonds. The molecule has 0 aromatic heterocycles. The van der Waals surface area contributed by atoms with E-state index in [1.54, 1.807) is 0 Å². The summed E-state index contributed by atoms with van der Waals surface area (Å²) >= 11 is 0. The van der Waals surface area contributed by atoms with Gasteiger partial charge in [0.1, 0.15) is 0 Å². The molecule has 0 N–H and O–H groups in total. The number of fused-ring (bicyclic) bond motifs is 1. The number of anilines is 6. The van der Waals surface area contributed by atoms with E-state index in [0.29, 0.717) is 0 Å². The standard InChI is InChI=1S/C49H42N2/c1-47(2)38-21-13-23-40-44(38)51-45-39(47)22-14-24-41(45)49(5,6)43-30-37(29-42(46(43)51)48(40,3)4)50(35-18-8-7-9-19-35)36-20-12-17-33(28-36)34-26-25-31-15-10-11-16-32(31)27-34/h7-30H,1-6H3. The van der Waals surface area contributed by atoms with Crippen LogP contribution in [0.25, 0.3) is 21.9 Å². The monoisotopic (exact) mass is 658 g/mol. The molecule has 0 radical (unpaired) electrons. The van der Waals surface area contributed by atoms with Gasteiger partial charge in [0.25, 0.3) is 0 Å². The average molecular weight is 659 g/mol. The SMILES string of the molecule is CC1(C)c2cccc3c2N2c4c1cccc4C(C)(C)c1cc(N(c4ccccc4)c4cccc(-c5ccc6ccccc6c5)c4)cc(c12)C3(C)C. The third-order valence-electron chi connectivity index (χ3n) is 12.3. The van der Waals surface area contributed by atoms with Crippen LogP contribution in [0, 0.1) is 0 Å². The zero-order valence-corrected chi connectivity index (χ0v) is 30.3. The molecule has 51 heavy (non-hydrogen) atoms. The van der Waals surface area contributed by atoms with Crippen LogP contribution in [0.1, 0.15) is 74.9 Å². The first-order valence-electron chi connectivity index (χ1n) is 18.3. The Bertz CT molecular complexity index is 2480. The zero-order chi connectivity index (χ0) is 34.9. The molecule has 3 heterocycles. The minimum Gasteiger partial charge on any atom is -0.310 e. The van der Waals surface area contributed by atoms with E-state index < -0.39 is 0 Å². The lowest BCUT2D eigenvalue weighted by Crippen LogP contribution is -2.43. The third kappa shape index (κ3) is 4.05. The van der Waals surface area contributed by atoms with Crippen LogP contribution < -0.4 is 9.80 Å². The van der Waals surface area contributed by atoms with E-state index in [9.17, 15) is 0 Å². The minimum absolute atomic E-state index is 0.103. The molecule has 0 bridgehead atoms. The molecule has 0 fully saturated rings. The van der Waals surface area contributed by atoms with Crippen molar-refractivity contribution < 1.29 is 0 Å². The number of para-hydroxylation sites is 3. The maximum absolute atomic E-state index is 2.65. The molecule has 7 aromatic carbocycles. The molecule has 0 spiro atoms. The summed E-state index contributed by atoms with van der Waals surface area (Å²) in [7, 11) is 0. The highest BCUT2D eigenvalue weighted by molar-refractivity contribution is 5.99. The Labute approximate surface area is 301 Å². The van der Waals surface area contributed by atoms with Gasteiger partial charge in [-0.25, -0.2) is 0 Å². The second-order valence-corrected chi connectivity index (χ2v) is 16.3. The van der Waals surface area contributed by atoms with Gasteiger partial charge in [0.2, 0.25) is 0 Å². The van der Waals surface area contributed by atoms with Crippen molar-refractivity contribution in [3.8, 4) is 11.1 Å². The number of nitrogens with zero attached hydrogens (tertiary/aromatic N) is 2. The summed E-state index contributed by atoms with van der Waals surface area (Å²) in [6.07, 6.45) is 0. The summed E-state index contributed by atoms with van der Waals surface area (Å²) in [6.45, 7) is 14.6. The van der Waals surface area contributed by atoms with E-state index in [0.717, 1.165) is 11.4 Å². The Morgan fingerprint density at radius 3 is 1.43 bits per heavy atom. The Balaban J connectivity index is 1.24. The average Bonchev–Trinajstić information content (AvgIpc) is 3.14. The van der Waals surface area contributed by atoms with E-state index in [1.807, 2.05) is 0 Å². The predicted octanol–water partition coefficient (Wildman–Crippen LogP) is 13.4. The van der Waals surface area contributed by atoms with Crippen molar-refractivity contribution in [2.75, 3.05) is 9.80 Å². The lowest BCUT2D eigenvalue weighted by Gasteiger charge is -2.55. The topological polar surface area (TPSA) is 6.48 Å². The molecular formula is C49H42N2. The number of rotatable bonds is 4. The van der Waals surface area contributed by atoms with Gasteiger partial charge in [0.15, 0.2) is 0 Å². The summed E-state index contributed by atoms with van der Waals surface area (Å²) in [5.41, 5.74) is 17.9. The van der Waals surface area contributed by atoms with Crippen LogP contribution in [-0.4, -0.2) is 0 Å². The molecule has 0 saturated carbocycles. The highest BCUT2D eigenvalue weighted by Gasteiger charge is 2.51. The Morgan fingerprint density at radius 1 is 0.353 bits per heavy atom. The normalized spacial score (nSPS) is 16.5. The van der Waals surface area contributed by atoms with Crippen LogP contribution in [0.3, 0.4) is 0 Å². The maximum Gasteiger partial charge on any atom is 0.0545 e.